The Balaban J connectivity index is 1.48. The van der Waals surface area contributed by atoms with E-state index in [1.54, 1.807) is 12.7 Å². The van der Waals surface area contributed by atoms with Gasteiger partial charge in [0.15, 0.2) is 0 Å². The summed E-state index contributed by atoms with van der Waals surface area (Å²) in [5.41, 5.74) is 2.07. The predicted octanol–water partition coefficient (Wildman–Crippen LogP) is 6.43. The van der Waals surface area contributed by atoms with Crippen LogP contribution in [0.25, 0.3) is 5.57 Å². The molecule has 8 heteroatoms. The Morgan fingerprint density at radius 3 is 2.50 bits per heavy atom. The molecule has 2 saturated carbocycles. The van der Waals surface area contributed by atoms with Crippen LogP contribution in [-0.2, 0) is 9.53 Å². The summed E-state index contributed by atoms with van der Waals surface area (Å²) in [5, 5.41) is 4.35. The normalized spacial score (nSPS) is 26.8. The van der Waals surface area contributed by atoms with Crippen molar-refractivity contribution in [3.63, 3.8) is 0 Å². The monoisotopic (exact) mass is 510 g/mol. The van der Waals surface area contributed by atoms with Crippen LogP contribution >= 0.6 is 11.3 Å². The van der Waals surface area contributed by atoms with Gasteiger partial charge in [0.25, 0.3) is 0 Å². The van der Waals surface area contributed by atoms with Gasteiger partial charge in [0, 0.05) is 16.8 Å². The second-order valence-electron chi connectivity index (χ2n) is 10.8. The summed E-state index contributed by atoms with van der Waals surface area (Å²) in [5.74, 6) is 0.552. The zero-order chi connectivity index (χ0) is 25.1. The molecule has 2 fully saturated rings. The summed E-state index contributed by atoms with van der Waals surface area (Å²) in [4.78, 5) is 35.0. The molecular weight excluding hydrogens is 472 g/mol. The Morgan fingerprint density at radius 2 is 1.86 bits per heavy atom. The molecule has 1 amide bonds. The second kappa shape index (κ2) is 11.3. The minimum atomic E-state index is -0.343. The zero-order valence-corrected chi connectivity index (χ0v) is 22.3. The molecule has 2 aromatic rings. The molecule has 194 valence electrons. The highest BCUT2D eigenvalue weighted by molar-refractivity contribution is 7.15. The number of carbonyl (C=O) groups is 2. The molecule has 36 heavy (non-hydrogen) atoms. The number of methoxy groups -OCH3 is 1. The summed E-state index contributed by atoms with van der Waals surface area (Å²) in [7, 11) is 1.43. The smallest absolute Gasteiger partial charge is 0.350 e. The zero-order valence-electron chi connectivity index (χ0n) is 21.5. The lowest BCUT2D eigenvalue weighted by Gasteiger charge is -2.39. The minimum absolute atomic E-state index is 0.0250. The molecule has 0 aliphatic heterocycles. The minimum Gasteiger partial charge on any atom is -0.465 e. The molecule has 0 saturated heterocycles. The highest BCUT2D eigenvalue weighted by Crippen LogP contribution is 2.43. The molecule has 0 atom stereocenters. The molecule has 0 aromatic carbocycles. The first kappa shape index (κ1) is 25.2. The Hall–Kier alpha value is -2.48. The van der Waals surface area contributed by atoms with Gasteiger partial charge in [-0.15, -0.1) is 11.3 Å². The third-order valence-electron chi connectivity index (χ3n) is 8.39. The summed E-state index contributed by atoms with van der Waals surface area (Å²) in [6.07, 6.45) is 17.8. The third kappa shape index (κ3) is 5.29. The van der Waals surface area contributed by atoms with E-state index in [1.807, 2.05) is 9.58 Å². The van der Waals surface area contributed by atoms with Crippen molar-refractivity contribution in [2.24, 2.45) is 11.8 Å². The van der Waals surface area contributed by atoms with Crippen molar-refractivity contribution in [3.8, 4) is 0 Å². The van der Waals surface area contributed by atoms with E-state index < -0.39 is 0 Å². The van der Waals surface area contributed by atoms with E-state index >= 15 is 0 Å². The number of esters is 1. The van der Waals surface area contributed by atoms with Crippen LogP contribution in [0.15, 0.2) is 24.8 Å². The fraction of sp³-hybridized carbons (Fsp3) is 0.643. The van der Waals surface area contributed by atoms with Gasteiger partial charge in [-0.05, 0) is 94.6 Å². The molecule has 3 aliphatic carbocycles. The fourth-order valence-corrected chi connectivity index (χ4v) is 7.34. The van der Waals surface area contributed by atoms with Gasteiger partial charge in [-0.3, -0.25) is 4.79 Å². The fourth-order valence-electron chi connectivity index (χ4n) is 6.21. The van der Waals surface area contributed by atoms with Crippen molar-refractivity contribution in [1.82, 2.24) is 14.8 Å². The van der Waals surface area contributed by atoms with Crippen molar-refractivity contribution < 1.29 is 14.3 Å². The molecule has 3 aliphatic rings. The van der Waals surface area contributed by atoms with E-state index in [9.17, 15) is 9.59 Å². The maximum atomic E-state index is 14.2. The Morgan fingerprint density at radius 1 is 1.08 bits per heavy atom. The number of rotatable bonds is 6. The van der Waals surface area contributed by atoms with Crippen LogP contribution in [0.5, 0.6) is 0 Å². The third-order valence-corrected chi connectivity index (χ3v) is 9.57. The maximum Gasteiger partial charge on any atom is 0.350 e. The lowest BCUT2D eigenvalue weighted by molar-refractivity contribution is -0.124. The maximum absolute atomic E-state index is 14.2. The van der Waals surface area contributed by atoms with Gasteiger partial charge < -0.3 is 9.64 Å². The van der Waals surface area contributed by atoms with Gasteiger partial charge in [-0.2, -0.15) is 5.10 Å². The number of thiophene rings is 1. The molecule has 2 aromatic heterocycles. The second-order valence-corrected chi connectivity index (χ2v) is 11.8. The number of hydrogen-bond acceptors (Lipinski definition) is 6. The molecule has 0 radical (unpaired) electrons. The predicted molar refractivity (Wildman–Crippen MR) is 142 cm³/mol. The largest absolute Gasteiger partial charge is 0.465 e. The van der Waals surface area contributed by atoms with Gasteiger partial charge >= 0.3 is 5.97 Å². The lowest BCUT2D eigenvalue weighted by Crippen LogP contribution is -2.46. The van der Waals surface area contributed by atoms with Crippen LogP contribution in [0.2, 0.25) is 0 Å². The van der Waals surface area contributed by atoms with Crippen molar-refractivity contribution >= 4 is 34.5 Å². The summed E-state index contributed by atoms with van der Waals surface area (Å²) < 4.78 is 7.16. The highest BCUT2D eigenvalue weighted by atomic mass is 32.1. The van der Waals surface area contributed by atoms with Gasteiger partial charge in [-0.1, -0.05) is 13.0 Å². The summed E-state index contributed by atoms with van der Waals surface area (Å²) >= 11 is 1.49. The van der Waals surface area contributed by atoms with Crippen LogP contribution in [0.1, 0.15) is 105 Å². The van der Waals surface area contributed by atoms with E-state index in [2.05, 4.69) is 29.1 Å². The first-order valence-corrected chi connectivity index (χ1v) is 14.5. The first-order valence-electron chi connectivity index (χ1n) is 13.6. The number of hydrogen-bond donors (Lipinski definition) is 0. The van der Waals surface area contributed by atoms with Crippen molar-refractivity contribution in [3.05, 3.63) is 34.6 Å². The molecule has 0 unspecified atom stereocenters. The molecule has 0 bridgehead atoms. The van der Waals surface area contributed by atoms with Crippen molar-refractivity contribution in [1.29, 1.82) is 0 Å². The van der Waals surface area contributed by atoms with E-state index in [4.69, 9.17) is 4.74 Å². The number of nitrogens with zero attached hydrogens (tertiary/aromatic N) is 4. The van der Waals surface area contributed by atoms with Crippen LogP contribution in [0, 0.1) is 11.8 Å². The molecular formula is C28H38N4O3S. The van der Waals surface area contributed by atoms with Crippen molar-refractivity contribution in [2.75, 3.05) is 12.0 Å². The number of anilines is 1. The number of carbonyl (C=O) groups excluding carboxylic acids is 2. The highest BCUT2D eigenvalue weighted by Gasteiger charge is 2.38. The Kier molecular flexibility index (Phi) is 7.89. The topological polar surface area (TPSA) is 77.3 Å². The molecule has 5 rings (SSSR count). The number of allylic oxidation sites excluding steroid dienone is 2. The average molecular weight is 511 g/mol. The van der Waals surface area contributed by atoms with E-state index in [-0.39, 0.29) is 23.8 Å². The summed E-state index contributed by atoms with van der Waals surface area (Å²) in [6, 6.07) is 2.49. The standard InChI is InChI=1S/C28H38N4O3S/c1-19-8-10-21(11-9-19)27(33)32(23-14-12-22(13-15-23)31-18-29-17-30-31)24-16-25(20-6-4-3-5-7-20)36-26(24)28(34)35-2/h6,16-19,21-23H,3-5,7-15H2,1-2H3. The van der Waals surface area contributed by atoms with Gasteiger partial charge in [0.1, 0.15) is 17.5 Å². The van der Waals surface area contributed by atoms with Crippen molar-refractivity contribution in [2.45, 2.75) is 96.1 Å². The Bertz CT molecular complexity index is 1080. The van der Waals surface area contributed by atoms with Crippen LogP contribution in [0.3, 0.4) is 0 Å². The van der Waals surface area contributed by atoms with E-state index in [0.717, 1.165) is 74.8 Å². The van der Waals surface area contributed by atoms with Crippen LogP contribution < -0.4 is 4.90 Å². The molecule has 0 spiro atoms. The summed E-state index contributed by atoms with van der Waals surface area (Å²) in [6.45, 7) is 2.28. The van der Waals surface area contributed by atoms with E-state index in [1.165, 1.54) is 36.9 Å². The first-order chi connectivity index (χ1) is 17.5. The average Bonchev–Trinajstić information content (AvgIpc) is 3.61. The van der Waals surface area contributed by atoms with Gasteiger partial charge in [-0.25, -0.2) is 14.5 Å². The molecule has 7 nitrogen and oxygen atoms in total. The SMILES string of the molecule is COC(=O)c1sc(C2=CCCCC2)cc1N(C(=O)C1CCC(C)CC1)C1CCC(n2cncn2)CC1. The molecule has 0 N–H and O–H groups in total. The number of amides is 1. The van der Waals surface area contributed by atoms with Gasteiger partial charge in [0.05, 0.1) is 18.8 Å². The van der Waals surface area contributed by atoms with E-state index in [0.29, 0.717) is 16.8 Å². The van der Waals surface area contributed by atoms with Gasteiger partial charge in [0.2, 0.25) is 5.91 Å². The number of ether oxygens (including phenoxy) is 1. The van der Waals surface area contributed by atoms with Crippen LogP contribution in [-0.4, -0.2) is 39.8 Å². The quantitative estimate of drug-likeness (QED) is 0.419. The Labute approximate surface area is 217 Å². The van der Waals surface area contributed by atoms with Crippen LogP contribution in [0.4, 0.5) is 5.69 Å². The lowest BCUT2D eigenvalue weighted by atomic mass is 9.81. The molecule has 2 heterocycles. The number of aromatic nitrogens is 3.